The molecule has 1 aromatic carbocycles. The van der Waals surface area contributed by atoms with Crippen LogP contribution in [0.4, 0.5) is 0 Å². The van der Waals surface area contributed by atoms with Crippen LogP contribution in [0.3, 0.4) is 0 Å². The van der Waals surface area contributed by atoms with E-state index in [4.69, 9.17) is 10.9 Å². The van der Waals surface area contributed by atoms with Crippen LogP contribution in [0.25, 0.3) is 11.0 Å². The number of amidine groups is 1. The van der Waals surface area contributed by atoms with Crippen LogP contribution in [0.5, 0.6) is 0 Å². The van der Waals surface area contributed by atoms with Gasteiger partial charge in [0.05, 0.1) is 17.2 Å². The lowest BCUT2D eigenvalue weighted by molar-refractivity contribution is 0.0762. The molecule has 0 aliphatic heterocycles. The quantitative estimate of drug-likeness (QED) is 0.372. The summed E-state index contributed by atoms with van der Waals surface area (Å²) < 4.78 is 0. The molecule has 1 amide bonds. The summed E-state index contributed by atoms with van der Waals surface area (Å²) in [5, 5.41) is 11.4. The molecule has 7 nitrogen and oxygen atoms in total. The average Bonchev–Trinajstić information content (AvgIpc) is 2.54. The minimum Gasteiger partial charge on any atom is -0.409 e. The van der Waals surface area contributed by atoms with E-state index in [1.54, 1.807) is 4.90 Å². The number of para-hydroxylation sites is 2. The molecule has 0 radical (unpaired) electrons. The molecule has 0 aliphatic carbocycles. The highest BCUT2D eigenvalue weighted by Gasteiger charge is 2.16. The SMILES string of the molecule is CCN(CC/C(N)=N/O)C(=O)c1cnc2ccccc2n1. The second kappa shape index (κ2) is 6.65. The molecule has 0 atom stereocenters. The first kappa shape index (κ1) is 14.7. The van der Waals surface area contributed by atoms with E-state index < -0.39 is 0 Å². The van der Waals surface area contributed by atoms with Crippen molar-refractivity contribution >= 4 is 22.8 Å². The van der Waals surface area contributed by atoms with E-state index in [-0.39, 0.29) is 17.4 Å². The van der Waals surface area contributed by atoms with Crippen molar-refractivity contribution in [2.24, 2.45) is 10.9 Å². The van der Waals surface area contributed by atoms with Gasteiger partial charge in [0, 0.05) is 19.5 Å². The first-order chi connectivity index (χ1) is 10.2. The molecule has 2 aromatic rings. The molecule has 1 aromatic heterocycles. The van der Waals surface area contributed by atoms with E-state index in [0.717, 1.165) is 5.52 Å². The van der Waals surface area contributed by atoms with Crippen molar-refractivity contribution < 1.29 is 10.0 Å². The van der Waals surface area contributed by atoms with Gasteiger partial charge in [0.1, 0.15) is 11.5 Å². The highest BCUT2D eigenvalue weighted by molar-refractivity contribution is 5.94. The first-order valence-electron chi connectivity index (χ1n) is 6.63. The predicted octanol–water partition coefficient (Wildman–Crippen LogP) is 1.23. The monoisotopic (exact) mass is 287 g/mol. The van der Waals surface area contributed by atoms with Crippen LogP contribution < -0.4 is 5.73 Å². The number of carbonyl (C=O) groups excluding carboxylic acids is 1. The number of nitrogens with zero attached hydrogens (tertiary/aromatic N) is 4. The average molecular weight is 287 g/mol. The van der Waals surface area contributed by atoms with E-state index in [0.29, 0.717) is 25.0 Å². The Morgan fingerprint density at radius 1 is 1.38 bits per heavy atom. The highest BCUT2D eigenvalue weighted by atomic mass is 16.4. The van der Waals surface area contributed by atoms with Gasteiger partial charge in [-0.3, -0.25) is 9.78 Å². The lowest BCUT2D eigenvalue weighted by Crippen LogP contribution is -2.34. The standard InChI is InChI=1S/C14H17N5O2/c1-2-19(8-7-13(15)18-21)14(20)12-9-16-10-5-3-4-6-11(10)17-12/h3-6,9,21H,2,7-8H2,1H3,(H2,15,18). The number of benzene rings is 1. The number of oxime groups is 1. The zero-order valence-electron chi connectivity index (χ0n) is 11.7. The molecule has 0 unspecified atom stereocenters. The Morgan fingerprint density at radius 2 is 2.10 bits per heavy atom. The van der Waals surface area contributed by atoms with Crippen LogP contribution in [-0.2, 0) is 0 Å². The summed E-state index contributed by atoms with van der Waals surface area (Å²) in [6, 6.07) is 7.37. The van der Waals surface area contributed by atoms with Crippen molar-refractivity contribution in [1.29, 1.82) is 0 Å². The van der Waals surface area contributed by atoms with Crippen LogP contribution in [0.2, 0.25) is 0 Å². The molecule has 21 heavy (non-hydrogen) atoms. The second-order valence-electron chi connectivity index (χ2n) is 4.47. The summed E-state index contributed by atoms with van der Waals surface area (Å²) in [4.78, 5) is 22.5. The minimum absolute atomic E-state index is 0.0887. The topological polar surface area (TPSA) is 105 Å². The van der Waals surface area contributed by atoms with Gasteiger partial charge in [0.15, 0.2) is 0 Å². The second-order valence-corrected chi connectivity index (χ2v) is 4.47. The van der Waals surface area contributed by atoms with Gasteiger partial charge in [-0.05, 0) is 19.1 Å². The van der Waals surface area contributed by atoms with Gasteiger partial charge in [0.2, 0.25) is 0 Å². The maximum absolute atomic E-state index is 12.4. The number of hydrogen-bond donors (Lipinski definition) is 2. The van der Waals surface area contributed by atoms with Gasteiger partial charge in [-0.1, -0.05) is 17.3 Å². The third-order valence-electron chi connectivity index (χ3n) is 3.10. The Morgan fingerprint density at radius 3 is 2.76 bits per heavy atom. The van der Waals surface area contributed by atoms with Crippen LogP contribution >= 0.6 is 0 Å². The smallest absolute Gasteiger partial charge is 0.274 e. The highest BCUT2D eigenvalue weighted by Crippen LogP contribution is 2.10. The van der Waals surface area contributed by atoms with Crippen LogP contribution in [0.15, 0.2) is 35.6 Å². The van der Waals surface area contributed by atoms with Crippen molar-refractivity contribution in [3.63, 3.8) is 0 Å². The number of aromatic nitrogens is 2. The normalized spacial score (nSPS) is 11.6. The number of carbonyl (C=O) groups is 1. The Balaban J connectivity index is 2.18. The number of rotatable bonds is 5. The molecule has 0 saturated carbocycles. The Bertz CT molecular complexity index is 671. The van der Waals surface area contributed by atoms with Crippen molar-refractivity contribution in [3.8, 4) is 0 Å². The van der Waals surface area contributed by atoms with Crippen LogP contribution in [0, 0.1) is 0 Å². The van der Waals surface area contributed by atoms with Crippen molar-refractivity contribution in [2.75, 3.05) is 13.1 Å². The molecular formula is C14H17N5O2. The molecule has 1 heterocycles. The summed E-state index contributed by atoms with van der Waals surface area (Å²) in [5.41, 5.74) is 7.13. The molecule has 0 saturated heterocycles. The van der Waals surface area contributed by atoms with E-state index in [9.17, 15) is 4.79 Å². The molecule has 0 bridgehead atoms. The lowest BCUT2D eigenvalue weighted by atomic mass is 10.2. The number of hydrogen-bond acceptors (Lipinski definition) is 5. The van der Waals surface area contributed by atoms with Gasteiger partial charge < -0.3 is 15.8 Å². The first-order valence-corrected chi connectivity index (χ1v) is 6.63. The Hall–Kier alpha value is -2.70. The van der Waals surface area contributed by atoms with Crippen molar-refractivity contribution in [2.45, 2.75) is 13.3 Å². The third kappa shape index (κ3) is 3.44. The summed E-state index contributed by atoms with van der Waals surface area (Å²) in [6.07, 6.45) is 1.77. The third-order valence-corrected chi connectivity index (χ3v) is 3.10. The van der Waals surface area contributed by atoms with Crippen LogP contribution in [0.1, 0.15) is 23.8 Å². The van der Waals surface area contributed by atoms with E-state index >= 15 is 0 Å². The maximum atomic E-state index is 12.4. The molecule has 7 heteroatoms. The van der Waals surface area contributed by atoms with E-state index in [1.807, 2.05) is 31.2 Å². The zero-order chi connectivity index (χ0) is 15.2. The van der Waals surface area contributed by atoms with Gasteiger partial charge in [0.25, 0.3) is 5.91 Å². The van der Waals surface area contributed by atoms with E-state index in [2.05, 4.69) is 15.1 Å². The van der Waals surface area contributed by atoms with Crippen molar-refractivity contribution in [3.05, 3.63) is 36.2 Å². The molecule has 3 N–H and O–H groups in total. The fourth-order valence-corrected chi connectivity index (χ4v) is 1.93. The summed E-state index contributed by atoms with van der Waals surface area (Å²) in [6.45, 7) is 2.73. The fourth-order valence-electron chi connectivity index (χ4n) is 1.93. The van der Waals surface area contributed by atoms with E-state index in [1.165, 1.54) is 6.20 Å². The lowest BCUT2D eigenvalue weighted by Gasteiger charge is -2.19. The summed E-state index contributed by atoms with van der Waals surface area (Å²) in [5.74, 6) is -0.132. The molecule has 0 spiro atoms. The van der Waals surface area contributed by atoms with Crippen LogP contribution in [-0.4, -0.2) is 44.9 Å². The van der Waals surface area contributed by atoms with Gasteiger partial charge in [-0.15, -0.1) is 0 Å². The Kier molecular flexibility index (Phi) is 4.65. The zero-order valence-corrected chi connectivity index (χ0v) is 11.7. The van der Waals surface area contributed by atoms with Crippen molar-refractivity contribution in [1.82, 2.24) is 14.9 Å². The number of fused-ring (bicyclic) bond motifs is 1. The molecule has 0 fully saturated rings. The number of nitrogens with two attached hydrogens (primary N) is 1. The molecular weight excluding hydrogens is 270 g/mol. The molecule has 110 valence electrons. The number of amides is 1. The minimum atomic E-state index is -0.221. The maximum Gasteiger partial charge on any atom is 0.274 e. The summed E-state index contributed by atoms with van der Waals surface area (Å²) in [7, 11) is 0. The molecule has 2 rings (SSSR count). The van der Waals surface area contributed by atoms with Gasteiger partial charge in [-0.25, -0.2) is 4.98 Å². The van der Waals surface area contributed by atoms with Gasteiger partial charge in [-0.2, -0.15) is 0 Å². The molecule has 0 aliphatic rings. The predicted molar refractivity (Wildman–Crippen MR) is 79.1 cm³/mol. The summed E-state index contributed by atoms with van der Waals surface area (Å²) >= 11 is 0. The van der Waals surface area contributed by atoms with Gasteiger partial charge >= 0.3 is 0 Å². The fraction of sp³-hybridized carbons (Fsp3) is 0.286. The largest absolute Gasteiger partial charge is 0.409 e. The Labute approximate surface area is 122 Å².